The molecule has 0 aromatic heterocycles. The average molecular weight is 670 g/mol. The summed E-state index contributed by atoms with van der Waals surface area (Å²) in [5.41, 5.74) is 3.02. The lowest BCUT2D eigenvalue weighted by Crippen LogP contribution is -2.51. The lowest BCUT2D eigenvalue weighted by atomic mass is 9.47. The van der Waals surface area contributed by atoms with E-state index < -0.39 is 0 Å². The second kappa shape index (κ2) is 15.1. The highest BCUT2D eigenvalue weighted by atomic mass is 79.9. The van der Waals surface area contributed by atoms with Crippen LogP contribution in [0.25, 0.3) is 0 Å². The van der Waals surface area contributed by atoms with E-state index in [9.17, 15) is 4.79 Å². The fourth-order valence-electron chi connectivity index (χ4n) is 10.4. The number of unbranched alkanes of at least 4 members (excludes halogenated alkanes) is 3. The molecule has 3 nitrogen and oxygen atoms in total. The molecule has 0 radical (unpaired) electrons. The molecule has 0 spiro atoms. The summed E-state index contributed by atoms with van der Waals surface area (Å²) in [7, 11) is 0. The van der Waals surface area contributed by atoms with E-state index in [1.165, 1.54) is 70.6 Å². The Hall–Kier alpha value is -1.29. The highest BCUT2D eigenvalue weighted by Gasteiger charge is 2.59. The van der Waals surface area contributed by atoms with Crippen LogP contribution in [0, 0.1) is 46.3 Å². The zero-order valence-corrected chi connectivity index (χ0v) is 30.1. The van der Waals surface area contributed by atoms with Crippen molar-refractivity contribution < 1.29 is 14.3 Å². The molecule has 1 aromatic rings. The predicted octanol–water partition coefficient (Wildman–Crippen LogP) is 11.6. The molecular weight excluding hydrogens is 608 g/mol. The molecule has 3 fully saturated rings. The molecule has 4 heteroatoms. The van der Waals surface area contributed by atoms with Gasteiger partial charge in [0.15, 0.2) is 0 Å². The maximum Gasteiger partial charge on any atom is 0.338 e. The van der Waals surface area contributed by atoms with Gasteiger partial charge in [-0.25, -0.2) is 4.79 Å². The highest BCUT2D eigenvalue weighted by molar-refractivity contribution is 9.09. The van der Waals surface area contributed by atoms with E-state index in [4.69, 9.17) is 9.47 Å². The molecule has 0 saturated heterocycles. The minimum atomic E-state index is -0.192. The smallest absolute Gasteiger partial charge is 0.338 e. The molecule has 246 valence electrons. The van der Waals surface area contributed by atoms with Crippen molar-refractivity contribution in [3.8, 4) is 5.75 Å². The number of fused-ring (bicyclic) bond motifs is 5. The van der Waals surface area contributed by atoms with Crippen molar-refractivity contribution in [2.24, 2.45) is 46.3 Å². The summed E-state index contributed by atoms with van der Waals surface area (Å²) in [6, 6.07) is 7.54. The van der Waals surface area contributed by atoms with Gasteiger partial charge in [-0.1, -0.05) is 94.3 Å². The lowest BCUT2D eigenvalue weighted by Gasteiger charge is -2.58. The summed E-state index contributed by atoms with van der Waals surface area (Å²) in [4.78, 5) is 13.1. The monoisotopic (exact) mass is 668 g/mol. The van der Waals surface area contributed by atoms with Crippen molar-refractivity contribution in [2.45, 2.75) is 137 Å². The number of rotatable bonds is 14. The van der Waals surface area contributed by atoms with Gasteiger partial charge in [-0.05, 0) is 128 Å². The van der Waals surface area contributed by atoms with Crippen LogP contribution in [0.2, 0.25) is 0 Å². The molecule has 0 amide bonds. The highest BCUT2D eigenvalue weighted by Crippen LogP contribution is 2.67. The van der Waals surface area contributed by atoms with E-state index in [1.807, 2.05) is 24.3 Å². The maximum atomic E-state index is 13.1. The first-order valence-corrected chi connectivity index (χ1v) is 19.5. The Kier molecular flexibility index (Phi) is 11.7. The third-order valence-electron chi connectivity index (χ3n) is 12.9. The summed E-state index contributed by atoms with van der Waals surface area (Å²) in [6.45, 7) is 13.3. The fraction of sp³-hybridized carbons (Fsp3) is 0.775. The van der Waals surface area contributed by atoms with Crippen molar-refractivity contribution in [3.05, 3.63) is 41.5 Å². The van der Waals surface area contributed by atoms with E-state index >= 15 is 0 Å². The van der Waals surface area contributed by atoms with Gasteiger partial charge >= 0.3 is 5.97 Å². The Bertz CT molecular complexity index is 1110. The molecule has 44 heavy (non-hydrogen) atoms. The van der Waals surface area contributed by atoms with Crippen LogP contribution in [0.1, 0.15) is 141 Å². The van der Waals surface area contributed by atoms with Crippen molar-refractivity contribution in [1.29, 1.82) is 0 Å². The summed E-state index contributed by atoms with van der Waals surface area (Å²) in [6.07, 6.45) is 21.5. The fourth-order valence-corrected chi connectivity index (χ4v) is 10.8. The summed E-state index contributed by atoms with van der Waals surface area (Å²) < 4.78 is 12.0. The van der Waals surface area contributed by atoms with Crippen molar-refractivity contribution in [2.75, 3.05) is 11.9 Å². The Labute approximate surface area is 277 Å². The third-order valence-corrected chi connectivity index (χ3v) is 13.5. The molecular formula is C40H61BrO3. The minimum Gasteiger partial charge on any atom is -0.494 e. The topological polar surface area (TPSA) is 35.5 Å². The van der Waals surface area contributed by atoms with Gasteiger partial charge in [0, 0.05) is 11.8 Å². The van der Waals surface area contributed by atoms with Crippen LogP contribution in [0.3, 0.4) is 0 Å². The number of ether oxygens (including phenoxy) is 2. The molecule has 3 saturated carbocycles. The molecule has 0 N–H and O–H groups in total. The molecule has 0 unspecified atom stereocenters. The van der Waals surface area contributed by atoms with Crippen molar-refractivity contribution in [3.63, 3.8) is 0 Å². The zero-order chi connectivity index (χ0) is 31.3. The van der Waals surface area contributed by atoms with Crippen LogP contribution in [0.5, 0.6) is 5.75 Å². The van der Waals surface area contributed by atoms with Gasteiger partial charge in [0.1, 0.15) is 11.9 Å². The van der Waals surface area contributed by atoms with Crippen molar-refractivity contribution in [1.82, 2.24) is 0 Å². The van der Waals surface area contributed by atoms with E-state index in [2.05, 4.69) is 56.6 Å². The van der Waals surface area contributed by atoms with Gasteiger partial charge in [-0.15, -0.1) is 0 Å². The van der Waals surface area contributed by atoms with Crippen LogP contribution >= 0.6 is 15.9 Å². The summed E-state index contributed by atoms with van der Waals surface area (Å²) >= 11 is 3.49. The first-order chi connectivity index (χ1) is 21.2. The number of carbonyl (C=O) groups excluding carboxylic acids is 1. The van der Waals surface area contributed by atoms with Crippen LogP contribution in [0.15, 0.2) is 35.9 Å². The summed E-state index contributed by atoms with van der Waals surface area (Å²) in [5, 5.41) is 1.07. The number of esters is 1. The van der Waals surface area contributed by atoms with Crippen molar-refractivity contribution >= 4 is 21.9 Å². The number of allylic oxidation sites excluding steroid dienone is 1. The molecule has 5 rings (SSSR count). The second-order valence-corrected chi connectivity index (χ2v) is 16.8. The summed E-state index contributed by atoms with van der Waals surface area (Å²) in [5.74, 6) is 5.75. The van der Waals surface area contributed by atoms with E-state index in [0.717, 1.165) is 78.9 Å². The Morgan fingerprint density at radius 3 is 2.43 bits per heavy atom. The quantitative estimate of drug-likeness (QED) is 0.0856. The Balaban J connectivity index is 1.14. The molecule has 4 aliphatic carbocycles. The standard InChI is InChI=1S/C40H61BrO3/c1-28(2)11-10-12-29(3)35-19-20-36-34-18-15-31-27-33(21-23-39(31,4)37(34)22-24-40(35,36)5)44-38(42)30-13-16-32(17-14-30)43-26-9-7-6-8-25-41/h13-17,28-29,33-37H,6-12,18-27H2,1-5H3/t29-,33+,34+,35-,36+,37+,39+,40-/m1/s1. The lowest BCUT2D eigenvalue weighted by molar-refractivity contribution is -0.0594. The molecule has 0 heterocycles. The van der Waals surface area contributed by atoms with Gasteiger partial charge in [0.25, 0.3) is 0 Å². The van der Waals surface area contributed by atoms with E-state index in [0.29, 0.717) is 11.0 Å². The van der Waals surface area contributed by atoms with E-state index in [1.54, 1.807) is 5.57 Å². The number of hydrogen-bond acceptors (Lipinski definition) is 3. The minimum absolute atomic E-state index is 0.00905. The number of carbonyl (C=O) groups is 1. The number of hydrogen-bond donors (Lipinski definition) is 0. The third kappa shape index (κ3) is 7.47. The van der Waals surface area contributed by atoms with Crippen LogP contribution in [-0.4, -0.2) is 24.0 Å². The first kappa shape index (κ1) is 34.1. The first-order valence-electron chi connectivity index (χ1n) is 18.3. The van der Waals surface area contributed by atoms with E-state index in [-0.39, 0.29) is 17.5 Å². The van der Waals surface area contributed by atoms with Gasteiger partial charge < -0.3 is 9.47 Å². The molecule has 0 bridgehead atoms. The van der Waals surface area contributed by atoms with Crippen LogP contribution in [-0.2, 0) is 4.74 Å². The Morgan fingerprint density at radius 2 is 1.68 bits per heavy atom. The zero-order valence-electron chi connectivity index (χ0n) is 28.6. The molecule has 0 aliphatic heterocycles. The van der Waals surface area contributed by atoms with Gasteiger partial charge in [-0.2, -0.15) is 0 Å². The SMILES string of the molecule is CC(C)CCC[C@@H](C)[C@H]1CC[C@H]2[C@@H]3CC=C4C[C@@H](OC(=O)c5ccc(OCCCCCCBr)cc5)CC[C@]4(C)[C@H]3CC[C@]12C. The predicted molar refractivity (Wildman–Crippen MR) is 186 cm³/mol. The number of alkyl halides is 1. The molecule has 4 aliphatic rings. The van der Waals surface area contributed by atoms with Crippen LogP contribution in [0.4, 0.5) is 0 Å². The number of halogens is 1. The largest absolute Gasteiger partial charge is 0.494 e. The van der Waals surface area contributed by atoms with Gasteiger partial charge in [0.2, 0.25) is 0 Å². The Morgan fingerprint density at radius 1 is 0.909 bits per heavy atom. The number of benzene rings is 1. The van der Waals surface area contributed by atoms with Gasteiger partial charge in [-0.3, -0.25) is 0 Å². The van der Waals surface area contributed by atoms with Gasteiger partial charge in [0.05, 0.1) is 12.2 Å². The second-order valence-electron chi connectivity index (χ2n) is 16.0. The molecule has 8 atom stereocenters. The molecule has 1 aromatic carbocycles. The average Bonchev–Trinajstić information content (AvgIpc) is 3.36. The maximum absolute atomic E-state index is 13.1. The normalized spacial score (nSPS) is 33.6. The van der Waals surface area contributed by atoms with Crippen LogP contribution < -0.4 is 4.74 Å².